The minimum absolute atomic E-state index is 0.358. The Morgan fingerprint density at radius 3 is 3.00 bits per heavy atom. The number of thiocarbonyl (C=S) groups is 1. The van der Waals surface area contributed by atoms with Gasteiger partial charge in [0.1, 0.15) is 4.99 Å². The molecular formula is C15H20ClN3S. The molecule has 0 amide bonds. The van der Waals surface area contributed by atoms with Crippen LogP contribution >= 0.6 is 23.8 Å². The van der Waals surface area contributed by atoms with Crippen molar-refractivity contribution in [1.82, 2.24) is 4.90 Å². The average Bonchev–Trinajstić information content (AvgIpc) is 2.85. The second-order valence-corrected chi connectivity index (χ2v) is 6.57. The first-order valence-corrected chi connectivity index (χ1v) is 8.02. The third-order valence-corrected chi connectivity index (χ3v) is 4.96. The highest BCUT2D eigenvalue weighted by Gasteiger charge is 2.31. The number of piperidine rings is 1. The van der Waals surface area contributed by atoms with Crippen LogP contribution in [0.5, 0.6) is 0 Å². The lowest BCUT2D eigenvalue weighted by atomic mass is 9.97. The van der Waals surface area contributed by atoms with Gasteiger partial charge in [0, 0.05) is 24.3 Å². The zero-order chi connectivity index (χ0) is 14.1. The molecule has 3 rings (SSSR count). The van der Waals surface area contributed by atoms with E-state index in [1.54, 1.807) is 0 Å². The molecule has 2 heterocycles. The highest BCUT2D eigenvalue weighted by molar-refractivity contribution is 7.80. The van der Waals surface area contributed by atoms with Crippen LogP contribution < -0.4 is 11.1 Å². The highest BCUT2D eigenvalue weighted by atomic mass is 35.5. The maximum absolute atomic E-state index is 6.22. The van der Waals surface area contributed by atoms with Crippen LogP contribution in [0.1, 0.15) is 31.2 Å². The average molecular weight is 310 g/mol. The van der Waals surface area contributed by atoms with Crippen LogP contribution in [0.3, 0.4) is 0 Å². The second-order valence-electron chi connectivity index (χ2n) is 5.72. The molecule has 1 aromatic rings. The van der Waals surface area contributed by atoms with Gasteiger partial charge in [0.05, 0.1) is 10.6 Å². The summed E-state index contributed by atoms with van der Waals surface area (Å²) in [6, 6.07) is 7.02. The molecule has 2 aliphatic heterocycles. The van der Waals surface area contributed by atoms with Crippen LogP contribution in [0.15, 0.2) is 18.2 Å². The lowest BCUT2D eigenvalue weighted by Crippen LogP contribution is -2.43. The summed E-state index contributed by atoms with van der Waals surface area (Å²) in [6.07, 6.45) is 5.03. The van der Waals surface area contributed by atoms with Crippen LogP contribution in [0.2, 0.25) is 5.02 Å². The van der Waals surface area contributed by atoms with Gasteiger partial charge in [-0.3, -0.25) is 0 Å². The molecule has 3 nitrogen and oxygen atoms in total. The Morgan fingerprint density at radius 2 is 2.20 bits per heavy atom. The first-order chi connectivity index (χ1) is 9.65. The van der Waals surface area contributed by atoms with Crippen LogP contribution in [-0.4, -0.2) is 35.1 Å². The van der Waals surface area contributed by atoms with Gasteiger partial charge in [0.15, 0.2) is 0 Å². The molecule has 2 saturated heterocycles. The molecule has 2 fully saturated rings. The van der Waals surface area contributed by atoms with E-state index in [0.717, 1.165) is 17.3 Å². The van der Waals surface area contributed by atoms with E-state index in [1.165, 1.54) is 38.8 Å². The van der Waals surface area contributed by atoms with Crippen molar-refractivity contribution in [3.63, 3.8) is 0 Å². The minimum Gasteiger partial charge on any atom is -0.389 e. The fourth-order valence-electron chi connectivity index (χ4n) is 3.47. The van der Waals surface area contributed by atoms with Gasteiger partial charge in [-0.15, -0.1) is 0 Å². The van der Waals surface area contributed by atoms with Gasteiger partial charge in [-0.05, 0) is 44.4 Å². The van der Waals surface area contributed by atoms with Crippen molar-refractivity contribution in [2.75, 3.05) is 18.4 Å². The zero-order valence-corrected chi connectivity index (χ0v) is 13.0. The molecule has 0 spiro atoms. The van der Waals surface area contributed by atoms with Crippen molar-refractivity contribution in [3.8, 4) is 0 Å². The molecule has 5 heteroatoms. The Kier molecular flexibility index (Phi) is 4.15. The lowest BCUT2D eigenvalue weighted by molar-refractivity contribution is 0.188. The number of rotatable bonds is 3. The molecule has 20 heavy (non-hydrogen) atoms. The summed E-state index contributed by atoms with van der Waals surface area (Å²) >= 11 is 11.3. The Morgan fingerprint density at radius 1 is 1.35 bits per heavy atom. The predicted octanol–water partition coefficient (Wildman–Crippen LogP) is 3.01. The summed E-state index contributed by atoms with van der Waals surface area (Å²) in [5, 5.41) is 4.23. The molecule has 0 bridgehead atoms. The van der Waals surface area contributed by atoms with Gasteiger partial charge in [-0.2, -0.15) is 0 Å². The number of halogens is 1. The predicted molar refractivity (Wildman–Crippen MR) is 88.6 cm³/mol. The Hall–Kier alpha value is -0.840. The number of nitrogens with two attached hydrogens (primary N) is 1. The van der Waals surface area contributed by atoms with E-state index in [1.807, 2.05) is 18.2 Å². The summed E-state index contributed by atoms with van der Waals surface area (Å²) in [5.41, 5.74) is 7.55. The quantitative estimate of drug-likeness (QED) is 0.842. The number of hydrogen-bond acceptors (Lipinski definition) is 3. The molecule has 0 aromatic heterocycles. The van der Waals surface area contributed by atoms with E-state index < -0.39 is 0 Å². The van der Waals surface area contributed by atoms with E-state index >= 15 is 0 Å². The Balaban J connectivity index is 1.75. The van der Waals surface area contributed by atoms with Crippen molar-refractivity contribution >= 4 is 34.5 Å². The normalized spacial score (nSPS) is 26.2. The van der Waals surface area contributed by atoms with E-state index in [4.69, 9.17) is 29.6 Å². The maximum atomic E-state index is 6.22. The molecule has 0 aliphatic carbocycles. The monoisotopic (exact) mass is 309 g/mol. The Bertz CT molecular complexity index is 520. The summed E-state index contributed by atoms with van der Waals surface area (Å²) in [6.45, 7) is 2.46. The molecule has 2 unspecified atom stereocenters. The number of nitrogens with one attached hydrogen (secondary N) is 1. The maximum Gasteiger partial charge on any atom is 0.107 e. The molecule has 0 saturated carbocycles. The molecule has 2 atom stereocenters. The lowest BCUT2D eigenvalue weighted by Gasteiger charge is -2.36. The fourth-order valence-corrected chi connectivity index (χ4v) is 4.02. The van der Waals surface area contributed by atoms with Gasteiger partial charge in [-0.25, -0.2) is 0 Å². The molecule has 3 N–H and O–H groups in total. The largest absolute Gasteiger partial charge is 0.389 e. The molecule has 2 aliphatic rings. The second kappa shape index (κ2) is 5.88. The van der Waals surface area contributed by atoms with Crippen LogP contribution in [0.25, 0.3) is 0 Å². The molecular weight excluding hydrogens is 290 g/mol. The van der Waals surface area contributed by atoms with Crippen LogP contribution in [0.4, 0.5) is 5.69 Å². The van der Waals surface area contributed by atoms with Crippen LogP contribution in [0, 0.1) is 0 Å². The van der Waals surface area contributed by atoms with E-state index in [-0.39, 0.29) is 0 Å². The van der Waals surface area contributed by atoms with Gasteiger partial charge >= 0.3 is 0 Å². The number of nitrogens with zero attached hydrogens (tertiary/aromatic N) is 1. The van der Waals surface area contributed by atoms with Crippen molar-refractivity contribution in [2.24, 2.45) is 5.73 Å². The smallest absolute Gasteiger partial charge is 0.107 e. The number of benzene rings is 1. The van der Waals surface area contributed by atoms with E-state index in [9.17, 15) is 0 Å². The number of anilines is 1. The molecule has 1 aromatic carbocycles. The fraction of sp³-hybridized carbons (Fsp3) is 0.533. The zero-order valence-electron chi connectivity index (χ0n) is 11.4. The van der Waals surface area contributed by atoms with E-state index in [2.05, 4.69) is 10.2 Å². The summed E-state index contributed by atoms with van der Waals surface area (Å²) in [7, 11) is 0. The van der Waals surface area contributed by atoms with Crippen molar-refractivity contribution in [3.05, 3.63) is 28.8 Å². The standard InChI is InChI=1S/C15H20ClN3S/c16-12-4-1-5-13(14(12)15(17)20)18-10-6-8-19-7-2-3-11(19)9-10/h1,4-5,10-11,18H,2-3,6-9H2,(H2,17,20). The van der Waals surface area contributed by atoms with Crippen molar-refractivity contribution in [2.45, 2.75) is 37.8 Å². The minimum atomic E-state index is 0.358. The Labute approximate surface area is 130 Å². The van der Waals surface area contributed by atoms with Crippen molar-refractivity contribution in [1.29, 1.82) is 0 Å². The topological polar surface area (TPSA) is 41.3 Å². The van der Waals surface area contributed by atoms with Gasteiger partial charge < -0.3 is 16.0 Å². The van der Waals surface area contributed by atoms with Gasteiger partial charge in [-0.1, -0.05) is 29.9 Å². The van der Waals surface area contributed by atoms with Crippen LogP contribution in [-0.2, 0) is 0 Å². The number of fused-ring (bicyclic) bond motifs is 1. The summed E-state index contributed by atoms with van der Waals surface area (Å²) in [5.74, 6) is 0. The van der Waals surface area contributed by atoms with E-state index in [0.29, 0.717) is 16.1 Å². The third kappa shape index (κ3) is 2.78. The van der Waals surface area contributed by atoms with Gasteiger partial charge in [0.2, 0.25) is 0 Å². The number of hydrogen-bond donors (Lipinski definition) is 2. The highest BCUT2D eigenvalue weighted by Crippen LogP contribution is 2.30. The van der Waals surface area contributed by atoms with Gasteiger partial charge in [0.25, 0.3) is 0 Å². The molecule has 0 radical (unpaired) electrons. The summed E-state index contributed by atoms with van der Waals surface area (Å²) < 4.78 is 0. The first-order valence-electron chi connectivity index (χ1n) is 7.24. The summed E-state index contributed by atoms with van der Waals surface area (Å²) in [4.78, 5) is 2.97. The third-order valence-electron chi connectivity index (χ3n) is 4.44. The van der Waals surface area contributed by atoms with Crippen molar-refractivity contribution < 1.29 is 0 Å². The SMILES string of the molecule is NC(=S)c1c(Cl)cccc1NC1CCN2CCCC2C1. The first kappa shape index (κ1) is 14.1. The molecule has 108 valence electrons.